The number of hydrogen-bond acceptors (Lipinski definition) is 6. The van der Waals surface area contributed by atoms with E-state index in [1.165, 1.54) is 18.1 Å². The summed E-state index contributed by atoms with van der Waals surface area (Å²) in [5.41, 5.74) is -0.193. The van der Waals surface area contributed by atoms with Gasteiger partial charge in [0.05, 0.1) is 26.5 Å². The van der Waals surface area contributed by atoms with Gasteiger partial charge >= 0.3 is 5.69 Å². The van der Waals surface area contributed by atoms with Crippen LogP contribution in [0.2, 0.25) is 0 Å². The minimum absolute atomic E-state index is 0.135. The molecule has 0 saturated heterocycles. The van der Waals surface area contributed by atoms with Crippen molar-refractivity contribution in [2.75, 3.05) is 25.3 Å². The SMILES string of the molecule is COc1ccc(/C=N\N(CCO)c2cc(=O)n(C)c(=O)[nH]2)cc1. The monoisotopic (exact) mass is 318 g/mol. The summed E-state index contributed by atoms with van der Waals surface area (Å²) in [6.45, 7) is -0.0487. The standard InChI is InChI=1S/C15H18N4O4/c1-18-14(21)9-13(17-15(18)22)19(7-8-20)16-10-11-3-5-12(23-2)6-4-11/h3-6,9-10,20H,7-8H2,1-2H3,(H,17,22)/b16-10-. The van der Waals surface area contributed by atoms with Gasteiger partial charge in [-0.1, -0.05) is 0 Å². The number of nitrogens with zero attached hydrogens (tertiary/aromatic N) is 3. The van der Waals surface area contributed by atoms with Crippen LogP contribution in [0.25, 0.3) is 0 Å². The molecule has 0 aliphatic carbocycles. The van der Waals surface area contributed by atoms with Crippen molar-refractivity contribution < 1.29 is 9.84 Å². The van der Waals surface area contributed by atoms with E-state index in [9.17, 15) is 9.59 Å². The van der Waals surface area contributed by atoms with Gasteiger partial charge in [0.2, 0.25) is 0 Å². The summed E-state index contributed by atoms with van der Waals surface area (Å²) in [5.74, 6) is 0.946. The lowest BCUT2D eigenvalue weighted by molar-refractivity contribution is 0.302. The zero-order valence-corrected chi connectivity index (χ0v) is 12.9. The highest BCUT2D eigenvalue weighted by Crippen LogP contribution is 2.11. The van der Waals surface area contributed by atoms with E-state index in [0.717, 1.165) is 15.9 Å². The van der Waals surface area contributed by atoms with Gasteiger partial charge in [-0.2, -0.15) is 5.10 Å². The third-order valence-corrected chi connectivity index (χ3v) is 3.18. The van der Waals surface area contributed by atoms with E-state index >= 15 is 0 Å². The van der Waals surface area contributed by atoms with Crippen molar-refractivity contribution in [3.05, 3.63) is 56.7 Å². The summed E-state index contributed by atoms with van der Waals surface area (Å²) >= 11 is 0. The molecule has 0 aliphatic rings. The zero-order valence-electron chi connectivity index (χ0n) is 12.9. The van der Waals surface area contributed by atoms with Gasteiger partial charge in [-0.3, -0.25) is 14.3 Å². The number of hydrazone groups is 1. The molecule has 0 spiro atoms. The maximum absolute atomic E-state index is 11.7. The second-order valence-corrected chi connectivity index (χ2v) is 4.72. The zero-order chi connectivity index (χ0) is 16.8. The summed E-state index contributed by atoms with van der Waals surface area (Å²) in [6, 6.07) is 8.45. The molecule has 122 valence electrons. The molecule has 2 rings (SSSR count). The molecule has 0 amide bonds. The molecule has 0 atom stereocenters. The lowest BCUT2D eigenvalue weighted by Gasteiger charge is -2.17. The molecule has 8 nitrogen and oxygen atoms in total. The fourth-order valence-corrected chi connectivity index (χ4v) is 1.84. The van der Waals surface area contributed by atoms with Crippen LogP contribution in [0.4, 0.5) is 5.82 Å². The van der Waals surface area contributed by atoms with Gasteiger partial charge < -0.3 is 9.84 Å². The summed E-state index contributed by atoms with van der Waals surface area (Å²) in [5, 5.41) is 14.7. The average Bonchev–Trinajstić information content (AvgIpc) is 2.56. The fraction of sp³-hybridized carbons (Fsp3) is 0.267. The first-order valence-corrected chi connectivity index (χ1v) is 6.92. The largest absolute Gasteiger partial charge is 0.497 e. The first kappa shape index (κ1) is 16.5. The second-order valence-electron chi connectivity index (χ2n) is 4.72. The molecule has 2 N–H and O–H groups in total. The van der Waals surface area contributed by atoms with E-state index in [0.29, 0.717) is 0 Å². The highest BCUT2D eigenvalue weighted by molar-refractivity contribution is 5.80. The van der Waals surface area contributed by atoms with Crippen LogP contribution in [0.3, 0.4) is 0 Å². The Bertz CT molecular complexity index is 761. The first-order chi connectivity index (χ1) is 11.0. The van der Waals surface area contributed by atoms with Crippen molar-refractivity contribution >= 4 is 12.0 Å². The van der Waals surface area contributed by atoms with Crippen LogP contribution in [0, 0.1) is 0 Å². The molecule has 1 aromatic heterocycles. The number of rotatable bonds is 6. The number of hydrogen-bond donors (Lipinski definition) is 2. The number of anilines is 1. The van der Waals surface area contributed by atoms with Crippen LogP contribution >= 0.6 is 0 Å². The number of aliphatic hydroxyl groups excluding tert-OH is 1. The third kappa shape index (κ3) is 4.07. The number of nitrogens with one attached hydrogen (secondary N) is 1. The van der Waals surface area contributed by atoms with Crippen molar-refractivity contribution in [1.82, 2.24) is 9.55 Å². The maximum Gasteiger partial charge on any atom is 0.329 e. The van der Waals surface area contributed by atoms with Crippen LogP contribution < -0.4 is 21.0 Å². The van der Waals surface area contributed by atoms with Gasteiger partial charge in [0.25, 0.3) is 5.56 Å². The normalized spacial score (nSPS) is 10.9. The fourth-order valence-electron chi connectivity index (χ4n) is 1.84. The number of H-pyrrole nitrogens is 1. The Balaban J connectivity index is 2.29. The summed E-state index contributed by atoms with van der Waals surface area (Å²) in [4.78, 5) is 25.9. The highest BCUT2D eigenvalue weighted by Gasteiger charge is 2.08. The molecule has 23 heavy (non-hydrogen) atoms. The quantitative estimate of drug-likeness (QED) is 0.573. The Labute approximate surface area is 132 Å². The molecule has 0 unspecified atom stereocenters. The molecule has 0 radical (unpaired) electrons. The van der Waals surface area contributed by atoms with Crippen LogP contribution in [-0.2, 0) is 7.05 Å². The Morgan fingerprint density at radius 3 is 2.61 bits per heavy atom. The van der Waals surface area contributed by atoms with Crippen molar-refractivity contribution in [1.29, 1.82) is 0 Å². The molecule has 2 aromatic rings. The molecule has 0 aliphatic heterocycles. The Morgan fingerprint density at radius 1 is 1.35 bits per heavy atom. The number of aliphatic hydroxyl groups is 1. The second kappa shape index (κ2) is 7.41. The van der Waals surface area contributed by atoms with Crippen molar-refractivity contribution in [3.63, 3.8) is 0 Å². The van der Waals surface area contributed by atoms with E-state index in [-0.39, 0.29) is 19.0 Å². The number of aromatic nitrogens is 2. The summed E-state index contributed by atoms with van der Waals surface area (Å²) in [7, 11) is 2.96. The van der Waals surface area contributed by atoms with E-state index < -0.39 is 11.2 Å². The van der Waals surface area contributed by atoms with Gasteiger partial charge in [0.15, 0.2) is 0 Å². The molecule has 8 heteroatoms. The molecule has 0 fully saturated rings. The van der Waals surface area contributed by atoms with Crippen molar-refractivity contribution in [3.8, 4) is 5.75 Å². The van der Waals surface area contributed by atoms with E-state index in [4.69, 9.17) is 9.84 Å². The summed E-state index contributed by atoms with van der Waals surface area (Å²) < 4.78 is 6.03. The minimum Gasteiger partial charge on any atom is -0.497 e. The molecule has 1 aromatic carbocycles. The number of methoxy groups -OCH3 is 1. The predicted octanol–water partition coefficient (Wildman–Crippen LogP) is -0.0850. The van der Waals surface area contributed by atoms with Gasteiger partial charge in [0.1, 0.15) is 11.6 Å². The van der Waals surface area contributed by atoms with E-state index in [1.54, 1.807) is 25.5 Å². The summed E-state index contributed by atoms with van der Waals surface area (Å²) in [6.07, 6.45) is 1.56. The lowest BCUT2D eigenvalue weighted by atomic mass is 10.2. The first-order valence-electron chi connectivity index (χ1n) is 6.92. The molecule has 0 bridgehead atoms. The molecule has 0 saturated carbocycles. The minimum atomic E-state index is -0.546. The van der Waals surface area contributed by atoms with E-state index in [2.05, 4.69) is 10.1 Å². The number of ether oxygens (including phenoxy) is 1. The van der Waals surface area contributed by atoms with Crippen molar-refractivity contribution in [2.45, 2.75) is 0 Å². The molecular formula is C15H18N4O4. The number of benzene rings is 1. The van der Waals surface area contributed by atoms with Crippen LogP contribution in [0.5, 0.6) is 5.75 Å². The van der Waals surface area contributed by atoms with Gasteiger partial charge in [-0.05, 0) is 29.8 Å². The lowest BCUT2D eigenvalue weighted by Crippen LogP contribution is -2.35. The van der Waals surface area contributed by atoms with E-state index in [1.807, 2.05) is 12.1 Å². The highest BCUT2D eigenvalue weighted by atomic mass is 16.5. The topological polar surface area (TPSA) is 99.9 Å². The average molecular weight is 318 g/mol. The maximum atomic E-state index is 11.7. The van der Waals surface area contributed by atoms with Crippen molar-refractivity contribution in [2.24, 2.45) is 12.1 Å². The molecular weight excluding hydrogens is 300 g/mol. The smallest absolute Gasteiger partial charge is 0.329 e. The van der Waals surface area contributed by atoms with Crippen LogP contribution in [0.1, 0.15) is 5.56 Å². The predicted molar refractivity (Wildman–Crippen MR) is 87.3 cm³/mol. The Hall–Kier alpha value is -2.87. The van der Waals surface area contributed by atoms with Gasteiger partial charge in [-0.25, -0.2) is 9.80 Å². The third-order valence-electron chi connectivity index (χ3n) is 3.18. The van der Waals surface area contributed by atoms with Crippen LogP contribution in [0.15, 0.2) is 45.0 Å². The number of aromatic amines is 1. The van der Waals surface area contributed by atoms with Gasteiger partial charge in [0, 0.05) is 13.1 Å². The Kier molecular flexibility index (Phi) is 5.32. The molecule has 1 heterocycles. The van der Waals surface area contributed by atoms with Crippen LogP contribution in [-0.4, -0.2) is 41.1 Å². The van der Waals surface area contributed by atoms with Gasteiger partial charge in [-0.15, -0.1) is 0 Å². The Morgan fingerprint density at radius 2 is 2.04 bits per heavy atom.